The largest absolute Gasteiger partial charge is 0.488 e. The molecule has 21 heavy (non-hydrogen) atoms. The highest BCUT2D eigenvalue weighted by molar-refractivity contribution is 9.10. The number of benzene rings is 1. The van der Waals surface area contributed by atoms with Crippen LogP contribution in [0.5, 0.6) is 11.6 Å². The SMILES string of the molecule is Brc1cnc(OCc2ccccc2)c(OCC2CCC2)c1. The van der Waals surface area contributed by atoms with Crippen molar-refractivity contribution in [3.63, 3.8) is 0 Å². The quantitative estimate of drug-likeness (QED) is 0.764. The Morgan fingerprint density at radius 1 is 1.14 bits per heavy atom. The molecular formula is C17H18BrNO2. The number of ether oxygens (including phenoxy) is 2. The van der Waals surface area contributed by atoms with Crippen molar-refractivity contribution in [1.29, 1.82) is 0 Å². The van der Waals surface area contributed by atoms with Crippen molar-refractivity contribution in [2.24, 2.45) is 5.92 Å². The summed E-state index contributed by atoms with van der Waals surface area (Å²) in [5.41, 5.74) is 1.12. The lowest BCUT2D eigenvalue weighted by molar-refractivity contribution is 0.170. The van der Waals surface area contributed by atoms with Gasteiger partial charge in [-0.3, -0.25) is 0 Å². The molecule has 1 saturated carbocycles. The van der Waals surface area contributed by atoms with E-state index in [1.807, 2.05) is 36.4 Å². The Labute approximate surface area is 133 Å². The van der Waals surface area contributed by atoms with E-state index in [9.17, 15) is 0 Å². The minimum atomic E-state index is 0.495. The molecule has 1 aliphatic rings. The van der Waals surface area contributed by atoms with Crippen LogP contribution in [0, 0.1) is 5.92 Å². The fourth-order valence-electron chi connectivity index (χ4n) is 2.21. The molecule has 0 aliphatic heterocycles. The van der Waals surface area contributed by atoms with E-state index in [2.05, 4.69) is 20.9 Å². The zero-order chi connectivity index (χ0) is 14.5. The van der Waals surface area contributed by atoms with Crippen LogP contribution in [0.15, 0.2) is 47.1 Å². The van der Waals surface area contributed by atoms with Crippen LogP contribution in [-0.4, -0.2) is 11.6 Å². The van der Waals surface area contributed by atoms with Gasteiger partial charge in [0.25, 0.3) is 5.88 Å². The van der Waals surface area contributed by atoms with Gasteiger partial charge in [0, 0.05) is 16.7 Å². The lowest BCUT2D eigenvalue weighted by atomic mass is 9.86. The zero-order valence-electron chi connectivity index (χ0n) is 11.8. The Bertz CT molecular complexity index is 585. The number of hydrogen-bond acceptors (Lipinski definition) is 3. The molecule has 1 fully saturated rings. The van der Waals surface area contributed by atoms with Gasteiger partial charge in [0.2, 0.25) is 0 Å². The third-order valence-corrected chi connectivity index (χ3v) is 4.14. The average Bonchev–Trinajstić information content (AvgIpc) is 2.46. The lowest BCUT2D eigenvalue weighted by Gasteiger charge is -2.25. The zero-order valence-corrected chi connectivity index (χ0v) is 13.4. The molecule has 0 atom stereocenters. The van der Waals surface area contributed by atoms with E-state index in [0.29, 0.717) is 24.2 Å². The third-order valence-electron chi connectivity index (χ3n) is 3.70. The molecule has 1 aliphatic carbocycles. The van der Waals surface area contributed by atoms with Crippen LogP contribution in [0.25, 0.3) is 0 Å². The fraction of sp³-hybridized carbons (Fsp3) is 0.353. The maximum Gasteiger partial charge on any atom is 0.257 e. The highest BCUT2D eigenvalue weighted by Gasteiger charge is 2.19. The second kappa shape index (κ2) is 6.94. The number of rotatable bonds is 6. The molecule has 1 aromatic carbocycles. The van der Waals surface area contributed by atoms with Crippen LogP contribution >= 0.6 is 15.9 Å². The predicted octanol–water partition coefficient (Wildman–Crippen LogP) is 4.60. The normalized spacial score (nSPS) is 14.5. The first kappa shape index (κ1) is 14.4. The minimum absolute atomic E-state index is 0.495. The van der Waals surface area contributed by atoms with Crippen LogP contribution in [0.3, 0.4) is 0 Å². The second-order valence-electron chi connectivity index (χ2n) is 5.34. The summed E-state index contributed by atoms with van der Waals surface area (Å²) in [6.45, 7) is 1.25. The van der Waals surface area contributed by atoms with Crippen molar-refractivity contribution < 1.29 is 9.47 Å². The number of pyridine rings is 1. The standard InChI is InChI=1S/C17H18BrNO2/c18-15-9-16(20-11-14-7-4-8-14)17(19-10-15)21-12-13-5-2-1-3-6-13/h1-3,5-6,9-10,14H,4,7-8,11-12H2. The minimum Gasteiger partial charge on any atom is -0.488 e. The molecular weight excluding hydrogens is 330 g/mol. The Balaban J connectivity index is 1.65. The fourth-order valence-corrected chi connectivity index (χ4v) is 2.52. The summed E-state index contributed by atoms with van der Waals surface area (Å²) in [5, 5.41) is 0. The van der Waals surface area contributed by atoms with Crippen molar-refractivity contribution >= 4 is 15.9 Å². The Kier molecular flexibility index (Phi) is 4.76. The first-order valence-corrected chi connectivity index (χ1v) is 8.05. The molecule has 3 nitrogen and oxygen atoms in total. The summed E-state index contributed by atoms with van der Waals surface area (Å²) in [7, 11) is 0. The molecule has 4 heteroatoms. The van der Waals surface area contributed by atoms with E-state index in [0.717, 1.165) is 16.6 Å². The van der Waals surface area contributed by atoms with Gasteiger partial charge >= 0.3 is 0 Å². The average molecular weight is 348 g/mol. The van der Waals surface area contributed by atoms with E-state index < -0.39 is 0 Å². The summed E-state index contributed by atoms with van der Waals surface area (Å²) < 4.78 is 12.6. The molecule has 0 amide bonds. The van der Waals surface area contributed by atoms with Gasteiger partial charge in [-0.25, -0.2) is 4.98 Å². The molecule has 110 valence electrons. The van der Waals surface area contributed by atoms with Crippen molar-refractivity contribution in [2.75, 3.05) is 6.61 Å². The van der Waals surface area contributed by atoms with Gasteiger partial charge in [0.05, 0.1) is 6.61 Å². The van der Waals surface area contributed by atoms with E-state index in [1.165, 1.54) is 19.3 Å². The van der Waals surface area contributed by atoms with Gasteiger partial charge < -0.3 is 9.47 Å². The molecule has 0 saturated heterocycles. The van der Waals surface area contributed by atoms with Crippen LogP contribution in [0.2, 0.25) is 0 Å². The monoisotopic (exact) mass is 347 g/mol. The first-order valence-electron chi connectivity index (χ1n) is 7.26. The van der Waals surface area contributed by atoms with Crippen molar-refractivity contribution in [2.45, 2.75) is 25.9 Å². The molecule has 0 N–H and O–H groups in total. The molecule has 2 aromatic rings. The second-order valence-corrected chi connectivity index (χ2v) is 6.25. The van der Waals surface area contributed by atoms with E-state index in [4.69, 9.17) is 9.47 Å². The van der Waals surface area contributed by atoms with Gasteiger partial charge in [-0.2, -0.15) is 0 Å². The number of nitrogens with zero attached hydrogens (tertiary/aromatic N) is 1. The lowest BCUT2D eigenvalue weighted by Crippen LogP contribution is -2.19. The molecule has 3 rings (SSSR count). The van der Waals surface area contributed by atoms with E-state index in [-0.39, 0.29) is 0 Å². The Morgan fingerprint density at radius 2 is 1.95 bits per heavy atom. The number of halogens is 1. The van der Waals surface area contributed by atoms with Crippen LogP contribution in [0.4, 0.5) is 0 Å². The summed E-state index contributed by atoms with van der Waals surface area (Å²) in [5.74, 6) is 1.96. The third kappa shape index (κ3) is 3.97. The smallest absolute Gasteiger partial charge is 0.257 e. The van der Waals surface area contributed by atoms with E-state index in [1.54, 1.807) is 6.20 Å². The van der Waals surface area contributed by atoms with Gasteiger partial charge in [0.15, 0.2) is 5.75 Å². The molecule has 0 radical (unpaired) electrons. The number of hydrogen-bond donors (Lipinski definition) is 0. The van der Waals surface area contributed by atoms with Crippen molar-refractivity contribution in [1.82, 2.24) is 4.98 Å². The summed E-state index contributed by atoms with van der Waals surface area (Å²) in [6.07, 6.45) is 5.59. The first-order chi connectivity index (χ1) is 10.3. The number of aromatic nitrogens is 1. The molecule has 0 spiro atoms. The molecule has 1 heterocycles. The van der Waals surface area contributed by atoms with Gasteiger partial charge in [-0.05, 0) is 40.3 Å². The Hall–Kier alpha value is -1.55. The predicted molar refractivity (Wildman–Crippen MR) is 85.5 cm³/mol. The van der Waals surface area contributed by atoms with Crippen molar-refractivity contribution in [3.8, 4) is 11.6 Å². The van der Waals surface area contributed by atoms with Crippen LogP contribution in [-0.2, 0) is 6.61 Å². The topological polar surface area (TPSA) is 31.4 Å². The van der Waals surface area contributed by atoms with Crippen molar-refractivity contribution in [3.05, 3.63) is 52.6 Å². The summed E-state index contributed by atoms with van der Waals surface area (Å²) >= 11 is 3.43. The highest BCUT2D eigenvalue weighted by Crippen LogP contribution is 2.32. The maximum absolute atomic E-state index is 5.89. The van der Waals surface area contributed by atoms with Gasteiger partial charge in [0.1, 0.15) is 6.61 Å². The van der Waals surface area contributed by atoms with Crippen LogP contribution < -0.4 is 9.47 Å². The molecule has 0 bridgehead atoms. The molecule has 0 unspecified atom stereocenters. The summed E-state index contributed by atoms with van der Waals surface area (Å²) in [4.78, 5) is 4.32. The Morgan fingerprint density at radius 3 is 2.67 bits per heavy atom. The maximum atomic E-state index is 5.89. The van der Waals surface area contributed by atoms with E-state index >= 15 is 0 Å². The highest BCUT2D eigenvalue weighted by atomic mass is 79.9. The molecule has 1 aromatic heterocycles. The summed E-state index contributed by atoms with van der Waals surface area (Å²) in [6, 6.07) is 12.0. The van der Waals surface area contributed by atoms with Gasteiger partial charge in [-0.1, -0.05) is 36.8 Å². The van der Waals surface area contributed by atoms with Crippen LogP contribution in [0.1, 0.15) is 24.8 Å². The van der Waals surface area contributed by atoms with Gasteiger partial charge in [-0.15, -0.1) is 0 Å².